The highest BCUT2D eigenvalue weighted by Gasteiger charge is 2.48. The first-order valence-corrected chi connectivity index (χ1v) is 7.41. The van der Waals surface area contributed by atoms with Crippen molar-refractivity contribution in [3.8, 4) is 5.69 Å². The number of aromatic nitrogens is 4. The Morgan fingerprint density at radius 3 is 2.64 bits per heavy atom. The summed E-state index contributed by atoms with van der Waals surface area (Å²) in [5.74, 6) is -0.160. The van der Waals surface area contributed by atoms with Crippen LogP contribution in [0.5, 0.6) is 0 Å². The Kier molecular flexibility index (Phi) is 3.47. The lowest BCUT2D eigenvalue weighted by molar-refractivity contribution is -0.155. The van der Waals surface area contributed by atoms with Crippen LogP contribution in [0.1, 0.15) is 45.7 Å². The fraction of sp³-hybridized carbons (Fsp3) is 0.500. The Bertz CT molecular complexity index is 652. The van der Waals surface area contributed by atoms with Crippen LogP contribution in [0.2, 0.25) is 0 Å². The van der Waals surface area contributed by atoms with Crippen LogP contribution in [-0.4, -0.2) is 31.3 Å². The summed E-state index contributed by atoms with van der Waals surface area (Å²) >= 11 is 0. The Labute approximate surface area is 129 Å². The molecule has 6 heteroatoms. The molecule has 2 heterocycles. The second-order valence-electron chi connectivity index (χ2n) is 6.79. The van der Waals surface area contributed by atoms with Crippen molar-refractivity contribution in [3.05, 3.63) is 36.7 Å². The summed E-state index contributed by atoms with van der Waals surface area (Å²) in [6, 6.07) is 3.92. The van der Waals surface area contributed by atoms with E-state index in [1.807, 2.05) is 32.9 Å². The zero-order valence-corrected chi connectivity index (χ0v) is 13.1. The predicted molar refractivity (Wildman–Crippen MR) is 80.5 cm³/mol. The molecule has 0 radical (unpaired) electrons. The van der Waals surface area contributed by atoms with Gasteiger partial charge in [0.25, 0.3) is 0 Å². The number of pyridine rings is 1. The minimum absolute atomic E-state index is 0.150. The molecule has 1 aliphatic rings. The normalized spacial score (nSPS) is 16.3. The molecule has 2 aromatic heterocycles. The summed E-state index contributed by atoms with van der Waals surface area (Å²) in [7, 11) is 0. The molecule has 0 amide bonds. The Morgan fingerprint density at radius 2 is 2.14 bits per heavy atom. The van der Waals surface area contributed by atoms with Crippen LogP contribution in [0, 0.1) is 0 Å². The Hall–Kier alpha value is -2.24. The number of esters is 1. The van der Waals surface area contributed by atoms with Crippen LogP contribution >= 0.6 is 0 Å². The summed E-state index contributed by atoms with van der Waals surface area (Å²) in [4.78, 5) is 20.5. The first-order chi connectivity index (χ1) is 10.4. The van der Waals surface area contributed by atoms with Gasteiger partial charge >= 0.3 is 5.97 Å². The Morgan fingerprint density at radius 1 is 1.36 bits per heavy atom. The molecule has 0 aliphatic heterocycles. The smallest absolute Gasteiger partial charge is 0.307 e. The van der Waals surface area contributed by atoms with Crippen LogP contribution in [0.3, 0.4) is 0 Å². The maximum absolute atomic E-state index is 12.1. The third-order valence-corrected chi connectivity index (χ3v) is 3.73. The van der Waals surface area contributed by atoms with Gasteiger partial charge in [0.1, 0.15) is 18.3 Å². The van der Waals surface area contributed by atoms with Gasteiger partial charge in [0.15, 0.2) is 0 Å². The summed E-state index contributed by atoms with van der Waals surface area (Å²) in [5, 5.41) is 4.07. The zero-order valence-electron chi connectivity index (χ0n) is 13.1. The lowest BCUT2D eigenvalue weighted by atomic mass is 9.97. The fourth-order valence-electron chi connectivity index (χ4n) is 2.51. The van der Waals surface area contributed by atoms with Gasteiger partial charge in [0.2, 0.25) is 0 Å². The van der Waals surface area contributed by atoms with E-state index < -0.39 is 5.60 Å². The lowest BCUT2D eigenvalue weighted by Gasteiger charge is -2.22. The molecule has 0 saturated heterocycles. The first-order valence-electron chi connectivity index (χ1n) is 7.41. The number of hydrogen-bond acceptors (Lipinski definition) is 5. The van der Waals surface area contributed by atoms with Crippen LogP contribution in [0.25, 0.3) is 5.69 Å². The number of carbonyl (C=O) groups is 1. The lowest BCUT2D eigenvalue weighted by Crippen LogP contribution is -2.26. The highest BCUT2D eigenvalue weighted by molar-refractivity contribution is 5.72. The van der Waals surface area contributed by atoms with Crippen molar-refractivity contribution in [2.24, 2.45) is 0 Å². The standard InChI is InChI=1S/C16H20N4O2/c1-15(2,3)22-14(21)8-16(6-7-16)13-5-4-12(9-18-13)20-11-17-10-19-20/h4-5,9-11H,6-8H2,1-3H3. The third kappa shape index (κ3) is 3.16. The maximum atomic E-state index is 12.1. The number of hydrogen-bond donors (Lipinski definition) is 0. The molecule has 0 bridgehead atoms. The van der Waals surface area contributed by atoms with E-state index >= 15 is 0 Å². The van der Waals surface area contributed by atoms with E-state index in [1.54, 1.807) is 17.2 Å². The molecule has 0 atom stereocenters. The highest BCUT2D eigenvalue weighted by Crippen LogP contribution is 2.50. The number of nitrogens with zero attached hydrogens (tertiary/aromatic N) is 4. The van der Waals surface area contributed by atoms with E-state index in [4.69, 9.17) is 4.74 Å². The monoisotopic (exact) mass is 300 g/mol. The molecular formula is C16H20N4O2. The Balaban J connectivity index is 1.72. The maximum Gasteiger partial charge on any atom is 0.307 e. The number of carbonyl (C=O) groups excluding carboxylic acids is 1. The highest BCUT2D eigenvalue weighted by atomic mass is 16.6. The average molecular weight is 300 g/mol. The summed E-state index contributed by atoms with van der Waals surface area (Å²) < 4.78 is 7.09. The molecule has 0 N–H and O–H groups in total. The van der Waals surface area contributed by atoms with E-state index in [2.05, 4.69) is 15.1 Å². The molecule has 0 aromatic carbocycles. The van der Waals surface area contributed by atoms with Crippen molar-refractivity contribution in [1.82, 2.24) is 19.7 Å². The van der Waals surface area contributed by atoms with Crippen molar-refractivity contribution >= 4 is 5.97 Å². The van der Waals surface area contributed by atoms with Gasteiger partial charge < -0.3 is 4.74 Å². The predicted octanol–water partition coefficient (Wildman–Crippen LogP) is 2.43. The van der Waals surface area contributed by atoms with Gasteiger partial charge in [-0.05, 0) is 45.7 Å². The van der Waals surface area contributed by atoms with E-state index in [1.165, 1.54) is 6.33 Å². The van der Waals surface area contributed by atoms with Crippen molar-refractivity contribution in [2.45, 2.75) is 51.0 Å². The third-order valence-electron chi connectivity index (χ3n) is 3.73. The first kappa shape index (κ1) is 14.7. The quantitative estimate of drug-likeness (QED) is 0.811. The summed E-state index contributed by atoms with van der Waals surface area (Å²) in [6.45, 7) is 5.65. The van der Waals surface area contributed by atoms with Gasteiger partial charge in [-0.3, -0.25) is 9.78 Å². The van der Waals surface area contributed by atoms with Crippen LogP contribution in [-0.2, 0) is 14.9 Å². The minimum Gasteiger partial charge on any atom is -0.460 e. The van der Waals surface area contributed by atoms with E-state index in [0.29, 0.717) is 6.42 Å². The molecule has 116 valence electrons. The second-order valence-corrected chi connectivity index (χ2v) is 6.79. The molecular weight excluding hydrogens is 280 g/mol. The molecule has 0 unspecified atom stereocenters. The molecule has 1 saturated carbocycles. The van der Waals surface area contributed by atoms with E-state index in [0.717, 1.165) is 24.2 Å². The van der Waals surface area contributed by atoms with E-state index in [-0.39, 0.29) is 11.4 Å². The van der Waals surface area contributed by atoms with Gasteiger partial charge in [0.05, 0.1) is 18.3 Å². The van der Waals surface area contributed by atoms with Crippen molar-refractivity contribution < 1.29 is 9.53 Å². The van der Waals surface area contributed by atoms with Gasteiger partial charge in [-0.25, -0.2) is 9.67 Å². The zero-order chi connectivity index (χ0) is 15.8. The van der Waals surface area contributed by atoms with Gasteiger partial charge in [0, 0.05) is 11.1 Å². The minimum atomic E-state index is -0.447. The van der Waals surface area contributed by atoms with E-state index in [9.17, 15) is 4.79 Å². The van der Waals surface area contributed by atoms with Crippen molar-refractivity contribution in [3.63, 3.8) is 0 Å². The molecule has 22 heavy (non-hydrogen) atoms. The molecule has 6 nitrogen and oxygen atoms in total. The summed E-state index contributed by atoms with van der Waals surface area (Å²) in [5.41, 5.74) is 1.21. The SMILES string of the molecule is CC(C)(C)OC(=O)CC1(c2ccc(-n3cncn3)cn2)CC1. The molecule has 2 aromatic rings. The topological polar surface area (TPSA) is 69.9 Å². The fourth-order valence-corrected chi connectivity index (χ4v) is 2.51. The summed E-state index contributed by atoms with van der Waals surface area (Å²) in [6.07, 6.45) is 7.21. The van der Waals surface area contributed by atoms with Crippen LogP contribution in [0.15, 0.2) is 31.0 Å². The van der Waals surface area contributed by atoms with Gasteiger partial charge in [-0.15, -0.1) is 0 Å². The molecule has 1 fully saturated rings. The number of ether oxygens (including phenoxy) is 1. The molecule has 1 aliphatic carbocycles. The number of rotatable bonds is 4. The average Bonchev–Trinajstić information content (AvgIpc) is 3.01. The largest absolute Gasteiger partial charge is 0.460 e. The van der Waals surface area contributed by atoms with Crippen molar-refractivity contribution in [1.29, 1.82) is 0 Å². The van der Waals surface area contributed by atoms with Crippen molar-refractivity contribution in [2.75, 3.05) is 0 Å². The molecule has 3 rings (SSSR count). The van der Waals surface area contributed by atoms with Crippen LogP contribution in [0.4, 0.5) is 0 Å². The van der Waals surface area contributed by atoms with Crippen LogP contribution < -0.4 is 0 Å². The van der Waals surface area contributed by atoms with Gasteiger partial charge in [-0.2, -0.15) is 5.10 Å². The van der Waals surface area contributed by atoms with Gasteiger partial charge in [-0.1, -0.05) is 0 Å². The molecule has 0 spiro atoms. The second kappa shape index (κ2) is 5.19.